The van der Waals surface area contributed by atoms with Crippen LogP contribution in [0, 0.1) is 0 Å². The molecule has 0 fully saturated rings. The summed E-state index contributed by atoms with van der Waals surface area (Å²) in [5.74, 6) is 5.52. The van der Waals surface area contributed by atoms with Crippen molar-refractivity contribution < 1.29 is 0 Å². The van der Waals surface area contributed by atoms with Gasteiger partial charge in [-0.15, -0.1) is 11.3 Å². The van der Waals surface area contributed by atoms with Gasteiger partial charge in [0.25, 0.3) is 0 Å². The van der Waals surface area contributed by atoms with Gasteiger partial charge in [-0.1, -0.05) is 23.2 Å². The molecule has 0 spiro atoms. The molecule has 0 radical (unpaired) electrons. The maximum Gasteiger partial charge on any atom is 0.0944 e. The molecule has 90 valence electrons. The molecule has 0 aliphatic heterocycles. The largest absolute Gasteiger partial charge is 0.271 e. The molecular formula is C10H10Cl2N4S. The van der Waals surface area contributed by atoms with Crippen LogP contribution in [-0.4, -0.2) is 9.97 Å². The Morgan fingerprint density at radius 1 is 1.41 bits per heavy atom. The summed E-state index contributed by atoms with van der Waals surface area (Å²) in [5.41, 5.74) is 3.37. The van der Waals surface area contributed by atoms with E-state index in [0.717, 1.165) is 5.01 Å². The fourth-order valence-electron chi connectivity index (χ4n) is 1.44. The van der Waals surface area contributed by atoms with Crippen molar-refractivity contribution >= 4 is 34.5 Å². The van der Waals surface area contributed by atoms with Gasteiger partial charge in [0.05, 0.1) is 26.8 Å². The van der Waals surface area contributed by atoms with Gasteiger partial charge >= 0.3 is 0 Å². The van der Waals surface area contributed by atoms with E-state index in [-0.39, 0.29) is 6.04 Å². The molecule has 0 saturated heterocycles. The van der Waals surface area contributed by atoms with Crippen molar-refractivity contribution in [3.8, 4) is 0 Å². The molecule has 0 aromatic carbocycles. The molecule has 17 heavy (non-hydrogen) atoms. The van der Waals surface area contributed by atoms with Gasteiger partial charge in [0, 0.05) is 24.2 Å². The Morgan fingerprint density at radius 2 is 2.24 bits per heavy atom. The van der Waals surface area contributed by atoms with Crippen LogP contribution < -0.4 is 11.3 Å². The zero-order valence-electron chi connectivity index (χ0n) is 8.73. The van der Waals surface area contributed by atoms with Gasteiger partial charge in [-0.2, -0.15) is 0 Å². The predicted octanol–water partition coefficient (Wildman–Crippen LogP) is 2.59. The van der Waals surface area contributed by atoms with Crippen LogP contribution in [0.4, 0.5) is 0 Å². The number of nitrogens with one attached hydrogen (secondary N) is 1. The number of nitrogens with zero attached hydrogens (tertiary/aromatic N) is 2. The monoisotopic (exact) mass is 288 g/mol. The third-order valence-corrected chi connectivity index (χ3v) is 3.54. The summed E-state index contributed by atoms with van der Waals surface area (Å²) in [5, 5.41) is 3.89. The van der Waals surface area contributed by atoms with Crippen LogP contribution in [0.5, 0.6) is 0 Å². The molecule has 2 aromatic heterocycles. The number of nitrogens with two attached hydrogens (primary N) is 1. The van der Waals surface area contributed by atoms with Crippen LogP contribution in [0.3, 0.4) is 0 Å². The zero-order chi connectivity index (χ0) is 12.3. The van der Waals surface area contributed by atoms with Crippen molar-refractivity contribution in [2.24, 2.45) is 5.84 Å². The number of rotatable bonds is 4. The van der Waals surface area contributed by atoms with E-state index < -0.39 is 0 Å². The smallest absolute Gasteiger partial charge is 0.0944 e. The number of aromatic nitrogens is 2. The average Bonchev–Trinajstić information content (AvgIpc) is 2.79. The van der Waals surface area contributed by atoms with Crippen molar-refractivity contribution in [3.05, 3.63) is 44.6 Å². The van der Waals surface area contributed by atoms with Gasteiger partial charge in [-0.25, -0.2) is 4.98 Å². The second-order valence-electron chi connectivity index (χ2n) is 3.37. The van der Waals surface area contributed by atoms with Gasteiger partial charge in [0.2, 0.25) is 0 Å². The van der Waals surface area contributed by atoms with Crippen LogP contribution in [-0.2, 0) is 6.42 Å². The molecule has 0 aliphatic carbocycles. The standard InChI is InChI=1S/C10H10Cl2N4S/c11-6-3-7(12)10(15-5-6)8(16-13)4-9-14-1-2-17-9/h1-3,5,8,16H,4,13H2. The number of hydrazine groups is 1. The number of halogens is 2. The summed E-state index contributed by atoms with van der Waals surface area (Å²) in [4.78, 5) is 8.40. The summed E-state index contributed by atoms with van der Waals surface area (Å²) in [6.45, 7) is 0. The normalized spacial score (nSPS) is 12.6. The summed E-state index contributed by atoms with van der Waals surface area (Å²) >= 11 is 13.4. The lowest BCUT2D eigenvalue weighted by Crippen LogP contribution is -2.30. The Balaban J connectivity index is 2.23. The molecule has 0 aliphatic rings. The molecular weight excluding hydrogens is 279 g/mol. The van der Waals surface area contributed by atoms with E-state index in [4.69, 9.17) is 29.0 Å². The van der Waals surface area contributed by atoms with Crippen molar-refractivity contribution in [2.45, 2.75) is 12.5 Å². The van der Waals surface area contributed by atoms with E-state index in [1.165, 1.54) is 0 Å². The van der Waals surface area contributed by atoms with E-state index in [2.05, 4.69) is 15.4 Å². The number of pyridine rings is 1. The van der Waals surface area contributed by atoms with E-state index in [1.807, 2.05) is 5.38 Å². The van der Waals surface area contributed by atoms with E-state index in [1.54, 1.807) is 29.8 Å². The minimum absolute atomic E-state index is 0.175. The molecule has 1 atom stereocenters. The highest BCUT2D eigenvalue weighted by molar-refractivity contribution is 7.09. The maximum absolute atomic E-state index is 6.08. The highest BCUT2D eigenvalue weighted by atomic mass is 35.5. The van der Waals surface area contributed by atoms with Gasteiger partial charge in [-0.05, 0) is 6.07 Å². The van der Waals surface area contributed by atoms with E-state index in [9.17, 15) is 0 Å². The maximum atomic E-state index is 6.08. The van der Waals surface area contributed by atoms with Gasteiger partial charge in [0.1, 0.15) is 0 Å². The Bertz CT molecular complexity index is 489. The van der Waals surface area contributed by atoms with E-state index in [0.29, 0.717) is 22.2 Å². The molecule has 4 nitrogen and oxygen atoms in total. The van der Waals surface area contributed by atoms with Gasteiger partial charge < -0.3 is 0 Å². The molecule has 0 bridgehead atoms. The lowest BCUT2D eigenvalue weighted by molar-refractivity contribution is 0.537. The van der Waals surface area contributed by atoms with Crippen LogP contribution in [0.15, 0.2) is 23.8 Å². The summed E-state index contributed by atoms with van der Waals surface area (Å²) < 4.78 is 0. The molecule has 0 amide bonds. The summed E-state index contributed by atoms with van der Waals surface area (Å²) in [6, 6.07) is 1.48. The first-order valence-electron chi connectivity index (χ1n) is 4.86. The fourth-order valence-corrected chi connectivity index (χ4v) is 2.62. The van der Waals surface area contributed by atoms with Gasteiger partial charge in [-0.3, -0.25) is 16.3 Å². The van der Waals surface area contributed by atoms with Gasteiger partial charge in [0.15, 0.2) is 0 Å². The Hall–Kier alpha value is -0.720. The summed E-state index contributed by atoms with van der Waals surface area (Å²) in [6.07, 6.45) is 3.95. The van der Waals surface area contributed by atoms with Crippen molar-refractivity contribution in [2.75, 3.05) is 0 Å². The Morgan fingerprint density at radius 3 is 2.82 bits per heavy atom. The molecule has 7 heteroatoms. The molecule has 1 unspecified atom stereocenters. The zero-order valence-corrected chi connectivity index (χ0v) is 11.1. The van der Waals surface area contributed by atoms with Crippen LogP contribution in [0.25, 0.3) is 0 Å². The number of hydrogen-bond acceptors (Lipinski definition) is 5. The molecule has 2 heterocycles. The van der Waals surface area contributed by atoms with Crippen LogP contribution in [0.2, 0.25) is 10.0 Å². The lowest BCUT2D eigenvalue weighted by atomic mass is 10.1. The minimum atomic E-state index is -0.175. The minimum Gasteiger partial charge on any atom is -0.271 e. The van der Waals surface area contributed by atoms with E-state index >= 15 is 0 Å². The third-order valence-electron chi connectivity index (χ3n) is 2.23. The van der Waals surface area contributed by atoms with Crippen LogP contribution >= 0.6 is 34.5 Å². The third kappa shape index (κ3) is 3.14. The second kappa shape index (κ2) is 5.75. The lowest BCUT2D eigenvalue weighted by Gasteiger charge is -2.15. The van der Waals surface area contributed by atoms with Crippen molar-refractivity contribution in [1.82, 2.24) is 15.4 Å². The topological polar surface area (TPSA) is 63.8 Å². The molecule has 0 saturated carbocycles. The summed E-state index contributed by atoms with van der Waals surface area (Å²) in [7, 11) is 0. The Labute approximate surface area is 113 Å². The van der Waals surface area contributed by atoms with Crippen molar-refractivity contribution in [3.63, 3.8) is 0 Å². The van der Waals surface area contributed by atoms with Crippen LogP contribution in [0.1, 0.15) is 16.7 Å². The Kier molecular flexibility index (Phi) is 4.31. The molecule has 3 N–H and O–H groups in total. The highest BCUT2D eigenvalue weighted by Crippen LogP contribution is 2.26. The number of thiazole rings is 1. The quantitative estimate of drug-likeness (QED) is 0.671. The first-order chi connectivity index (χ1) is 8.20. The molecule has 2 rings (SSSR count). The number of hydrogen-bond donors (Lipinski definition) is 2. The fraction of sp³-hybridized carbons (Fsp3) is 0.200. The first kappa shape index (κ1) is 12.7. The second-order valence-corrected chi connectivity index (χ2v) is 5.19. The average molecular weight is 289 g/mol. The highest BCUT2D eigenvalue weighted by Gasteiger charge is 2.17. The van der Waals surface area contributed by atoms with Crippen molar-refractivity contribution in [1.29, 1.82) is 0 Å². The predicted molar refractivity (Wildman–Crippen MR) is 70.1 cm³/mol. The molecule has 2 aromatic rings. The first-order valence-corrected chi connectivity index (χ1v) is 6.49. The SMILES string of the molecule is NNC(Cc1nccs1)c1ncc(Cl)cc1Cl.